The van der Waals surface area contributed by atoms with Crippen LogP contribution in [0.4, 0.5) is 4.79 Å². The molecule has 0 spiro atoms. The highest BCUT2D eigenvalue weighted by Gasteiger charge is 2.33. The van der Waals surface area contributed by atoms with Gasteiger partial charge in [-0.05, 0) is 52.4 Å². The topological polar surface area (TPSA) is 46.6 Å². The lowest BCUT2D eigenvalue weighted by Crippen LogP contribution is -2.42. The first-order valence-electron chi connectivity index (χ1n) is 7.36. The lowest BCUT2D eigenvalue weighted by molar-refractivity contribution is -0.121. The first-order valence-corrected chi connectivity index (χ1v) is 7.36. The van der Waals surface area contributed by atoms with E-state index in [9.17, 15) is 9.59 Å². The fourth-order valence-electron chi connectivity index (χ4n) is 2.50. The number of amides is 1. The molecule has 1 heterocycles. The summed E-state index contributed by atoms with van der Waals surface area (Å²) < 4.78 is 5.36. The number of nitrogens with zero attached hydrogens (tertiary/aromatic N) is 1. The molecule has 0 atom stereocenters. The predicted molar refractivity (Wildman–Crippen MR) is 72.9 cm³/mol. The van der Waals surface area contributed by atoms with Crippen LogP contribution in [0.15, 0.2) is 0 Å². The maximum absolute atomic E-state index is 11.9. The van der Waals surface area contributed by atoms with Gasteiger partial charge in [-0.2, -0.15) is 0 Å². The van der Waals surface area contributed by atoms with Gasteiger partial charge in [-0.3, -0.25) is 4.79 Å². The quantitative estimate of drug-likeness (QED) is 0.789. The van der Waals surface area contributed by atoms with Gasteiger partial charge in [0, 0.05) is 25.4 Å². The van der Waals surface area contributed by atoms with Crippen molar-refractivity contribution in [2.75, 3.05) is 13.1 Å². The van der Waals surface area contributed by atoms with Crippen molar-refractivity contribution in [1.82, 2.24) is 4.90 Å². The molecular weight excluding hydrogens is 242 g/mol. The Morgan fingerprint density at radius 2 is 1.68 bits per heavy atom. The number of rotatable bonds is 3. The monoisotopic (exact) mass is 267 g/mol. The third-order valence-corrected chi connectivity index (χ3v) is 3.79. The van der Waals surface area contributed by atoms with E-state index in [1.165, 1.54) is 0 Å². The second-order valence-electron chi connectivity index (χ2n) is 6.86. The summed E-state index contributed by atoms with van der Waals surface area (Å²) in [6, 6.07) is 0. The highest BCUT2D eigenvalue weighted by molar-refractivity contribution is 5.83. The number of carbonyl (C=O) groups excluding carboxylic acids is 2. The minimum absolute atomic E-state index is 0.223. The van der Waals surface area contributed by atoms with Crippen molar-refractivity contribution in [3.8, 4) is 0 Å². The van der Waals surface area contributed by atoms with E-state index in [1.807, 2.05) is 20.8 Å². The SMILES string of the molecule is CC(C)(C)OC(=O)N1CCC(CC(=O)C2CC2)CC1. The molecule has 2 aliphatic rings. The van der Waals surface area contributed by atoms with Gasteiger partial charge < -0.3 is 9.64 Å². The summed E-state index contributed by atoms with van der Waals surface area (Å²) in [6.07, 6.45) is 4.53. The number of ether oxygens (including phenoxy) is 1. The number of piperidine rings is 1. The van der Waals surface area contributed by atoms with Crippen molar-refractivity contribution in [3.63, 3.8) is 0 Å². The van der Waals surface area contributed by atoms with Crippen LogP contribution in [0.3, 0.4) is 0 Å². The Kier molecular flexibility index (Phi) is 4.16. The summed E-state index contributed by atoms with van der Waals surface area (Å²) in [5, 5.41) is 0. The molecule has 1 saturated carbocycles. The highest BCUT2D eigenvalue weighted by atomic mass is 16.6. The van der Waals surface area contributed by atoms with E-state index in [-0.39, 0.29) is 6.09 Å². The van der Waals surface area contributed by atoms with Gasteiger partial charge >= 0.3 is 6.09 Å². The first kappa shape index (κ1) is 14.4. The highest BCUT2D eigenvalue weighted by Crippen LogP contribution is 2.33. The second-order valence-corrected chi connectivity index (χ2v) is 6.86. The molecule has 0 aromatic carbocycles. The molecule has 108 valence electrons. The average molecular weight is 267 g/mol. The van der Waals surface area contributed by atoms with E-state index in [2.05, 4.69) is 0 Å². The number of hydrogen-bond donors (Lipinski definition) is 0. The summed E-state index contributed by atoms with van der Waals surface area (Å²) in [4.78, 5) is 25.4. The third kappa shape index (κ3) is 4.51. The van der Waals surface area contributed by atoms with Crippen molar-refractivity contribution in [1.29, 1.82) is 0 Å². The molecule has 0 radical (unpaired) electrons. The van der Waals surface area contributed by atoms with Gasteiger partial charge in [0.15, 0.2) is 0 Å². The summed E-state index contributed by atoms with van der Waals surface area (Å²) in [5.41, 5.74) is -0.435. The molecule has 0 aromatic rings. The molecule has 1 aliphatic carbocycles. The lowest BCUT2D eigenvalue weighted by atomic mass is 9.91. The average Bonchev–Trinajstić information content (AvgIpc) is 3.11. The van der Waals surface area contributed by atoms with Crippen molar-refractivity contribution in [2.45, 2.75) is 58.5 Å². The Morgan fingerprint density at radius 1 is 1.11 bits per heavy atom. The Labute approximate surface area is 115 Å². The fourth-order valence-corrected chi connectivity index (χ4v) is 2.50. The second kappa shape index (κ2) is 5.51. The largest absolute Gasteiger partial charge is 0.444 e. The van der Waals surface area contributed by atoms with Gasteiger partial charge in [0.05, 0.1) is 0 Å². The molecule has 4 nitrogen and oxygen atoms in total. The normalized spacial score (nSPS) is 21.3. The molecule has 4 heteroatoms. The van der Waals surface area contributed by atoms with Crippen molar-refractivity contribution in [2.24, 2.45) is 11.8 Å². The van der Waals surface area contributed by atoms with E-state index in [0.717, 1.165) is 38.8 Å². The summed E-state index contributed by atoms with van der Waals surface area (Å²) in [6.45, 7) is 7.08. The van der Waals surface area contributed by atoms with E-state index in [1.54, 1.807) is 4.90 Å². The van der Waals surface area contributed by atoms with Crippen LogP contribution in [-0.4, -0.2) is 35.5 Å². The third-order valence-electron chi connectivity index (χ3n) is 3.79. The number of hydrogen-bond acceptors (Lipinski definition) is 3. The Morgan fingerprint density at radius 3 is 2.16 bits per heavy atom. The first-order chi connectivity index (χ1) is 8.85. The minimum atomic E-state index is -0.435. The van der Waals surface area contributed by atoms with Crippen LogP contribution in [-0.2, 0) is 9.53 Å². The molecule has 2 fully saturated rings. The number of ketones is 1. The van der Waals surface area contributed by atoms with Gasteiger partial charge in [-0.1, -0.05) is 0 Å². The fraction of sp³-hybridized carbons (Fsp3) is 0.867. The Hall–Kier alpha value is -1.06. The van der Waals surface area contributed by atoms with E-state index in [4.69, 9.17) is 4.74 Å². The zero-order valence-corrected chi connectivity index (χ0v) is 12.3. The summed E-state index contributed by atoms with van der Waals surface area (Å²) in [7, 11) is 0. The zero-order chi connectivity index (χ0) is 14.0. The van der Waals surface area contributed by atoms with Crippen molar-refractivity contribution >= 4 is 11.9 Å². The molecule has 0 aromatic heterocycles. The molecule has 0 unspecified atom stereocenters. The van der Waals surface area contributed by atoms with E-state index in [0.29, 0.717) is 24.0 Å². The molecular formula is C15H25NO3. The minimum Gasteiger partial charge on any atom is -0.444 e. The number of likely N-dealkylation sites (tertiary alicyclic amines) is 1. The van der Waals surface area contributed by atoms with Crippen LogP contribution < -0.4 is 0 Å². The lowest BCUT2D eigenvalue weighted by Gasteiger charge is -2.33. The van der Waals surface area contributed by atoms with Crippen LogP contribution in [0.2, 0.25) is 0 Å². The smallest absolute Gasteiger partial charge is 0.410 e. The molecule has 19 heavy (non-hydrogen) atoms. The van der Waals surface area contributed by atoms with Crippen LogP contribution >= 0.6 is 0 Å². The van der Waals surface area contributed by atoms with Gasteiger partial charge in [0.2, 0.25) is 0 Å². The van der Waals surface area contributed by atoms with Crippen LogP contribution in [0.25, 0.3) is 0 Å². The van der Waals surface area contributed by atoms with Crippen molar-refractivity contribution < 1.29 is 14.3 Å². The van der Waals surface area contributed by atoms with E-state index >= 15 is 0 Å². The summed E-state index contributed by atoms with van der Waals surface area (Å²) >= 11 is 0. The number of Topliss-reactive ketones (excluding diaryl/α,β-unsaturated/α-hetero) is 1. The van der Waals surface area contributed by atoms with Gasteiger partial charge in [-0.25, -0.2) is 4.79 Å². The standard InChI is InChI=1S/C15H25NO3/c1-15(2,3)19-14(18)16-8-6-11(7-9-16)10-13(17)12-4-5-12/h11-12H,4-10H2,1-3H3. The predicted octanol–water partition coefficient (Wildman–Crippen LogP) is 3.00. The van der Waals surface area contributed by atoms with Gasteiger partial charge in [0.25, 0.3) is 0 Å². The van der Waals surface area contributed by atoms with Crippen LogP contribution in [0, 0.1) is 11.8 Å². The van der Waals surface area contributed by atoms with Crippen molar-refractivity contribution in [3.05, 3.63) is 0 Å². The molecule has 1 amide bonds. The molecule has 2 rings (SSSR count). The molecule has 0 bridgehead atoms. The van der Waals surface area contributed by atoms with E-state index < -0.39 is 5.60 Å². The molecule has 1 saturated heterocycles. The summed E-state index contributed by atoms with van der Waals surface area (Å²) in [5.74, 6) is 1.27. The van der Waals surface area contributed by atoms with Gasteiger partial charge in [-0.15, -0.1) is 0 Å². The zero-order valence-electron chi connectivity index (χ0n) is 12.3. The molecule has 1 aliphatic heterocycles. The maximum atomic E-state index is 11.9. The Bertz CT molecular complexity index is 347. The molecule has 0 N–H and O–H groups in total. The number of carbonyl (C=O) groups is 2. The maximum Gasteiger partial charge on any atom is 0.410 e. The van der Waals surface area contributed by atoms with Crippen LogP contribution in [0.1, 0.15) is 52.9 Å². The van der Waals surface area contributed by atoms with Crippen LogP contribution in [0.5, 0.6) is 0 Å². The Balaban J connectivity index is 1.72. The van der Waals surface area contributed by atoms with Gasteiger partial charge in [0.1, 0.15) is 11.4 Å².